The van der Waals surface area contributed by atoms with Gasteiger partial charge in [0.05, 0.1) is 6.54 Å². The average molecular weight is 437 g/mol. The van der Waals surface area contributed by atoms with Crippen molar-refractivity contribution in [3.63, 3.8) is 0 Å². The number of benzene rings is 1. The zero-order valence-electron chi connectivity index (χ0n) is 18.8. The molecule has 0 radical (unpaired) electrons. The molecule has 2 N–H and O–H groups in total. The maximum Gasteiger partial charge on any atom is 0.246 e. The number of amides is 3. The predicted octanol–water partition coefficient (Wildman–Crippen LogP) is 2.14. The van der Waals surface area contributed by atoms with E-state index in [1.807, 2.05) is 47.4 Å². The molecule has 0 saturated carbocycles. The molecule has 4 rings (SSSR count). The maximum atomic E-state index is 13.8. The Kier molecular flexibility index (Phi) is 6.74. The number of carbonyl (C=O) groups is 3. The van der Waals surface area contributed by atoms with Crippen molar-refractivity contribution in [1.29, 1.82) is 0 Å². The van der Waals surface area contributed by atoms with Gasteiger partial charge in [-0.15, -0.1) is 0 Å². The smallest absolute Gasteiger partial charge is 0.246 e. The Labute approximate surface area is 189 Å². The fourth-order valence-electron chi connectivity index (χ4n) is 4.77. The molecule has 2 aliphatic heterocycles. The van der Waals surface area contributed by atoms with Crippen LogP contribution in [-0.4, -0.2) is 59.7 Å². The van der Waals surface area contributed by atoms with Crippen LogP contribution in [0.25, 0.3) is 0 Å². The summed E-state index contributed by atoms with van der Waals surface area (Å²) in [4.78, 5) is 42.6. The lowest BCUT2D eigenvalue weighted by atomic mass is 9.92. The molecule has 7 heteroatoms. The molecule has 1 aliphatic carbocycles. The van der Waals surface area contributed by atoms with Gasteiger partial charge in [0, 0.05) is 25.3 Å². The van der Waals surface area contributed by atoms with Crippen molar-refractivity contribution in [2.24, 2.45) is 5.92 Å². The Hall–Kier alpha value is -2.93. The molecule has 2 fully saturated rings. The van der Waals surface area contributed by atoms with Crippen LogP contribution in [0.5, 0.6) is 0 Å². The second-order valence-electron chi connectivity index (χ2n) is 9.02. The second kappa shape index (κ2) is 9.69. The van der Waals surface area contributed by atoms with E-state index in [9.17, 15) is 14.4 Å². The molecule has 1 aromatic carbocycles. The number of nitrogens with one attached hydrogen (secondary N) is 2. The van der Waals surface area contributed by atoms with E-state index in [0.717, 1.165) is 24.1 Å². The van der Waals surface area contributed by atoms with E-state index in [1.165, 1.54) is 5.57 Å². The molecular formula is C25H32N4O3. The van der Waals surface area contributed by atoms with Gasteiger partial charge in [-0.1, -0.05) is 48.9 Å². The van der Waals surface area contributed by atoms with E-state index in [4.69, 9.17) is 0 Å². The van der Waals surface area contributed by atoms with Crippen molar-refractivity contribution in [1.82, 2.24) is 20.4 Å². The largest absolute Gasteiger partial charge is 0.354 e. The second-order valence-corrected chi connectivity index (χ2v) is 9.02. The highest BCUT2D eigenvalue weighted by Crippen LogP contribution is 2.29. The minimum atomic E-state index is -0.574. The third-order valence-corrected chi connectivity index (χ3v) is 6.76. The van der Waals surface area contributed by atoms with Crippen LogP contribution in [0.2, 0.25) is 0 Å². The molecule has 3 aliphatic rings. The van der Waals surface area contributed by atoms with Crippen molar-refractivity contribution in [3.8, 4) is 0 Å². The normalized spacial score (nSPS) is 24.9. The third-order valence-electron chi connectivity index (χ3n) is 6.76. The molecule has 2 heterocycles. The van der Waals surface area contributed by atoms with Gasteiger partial charge in [-0.2, -0.15) is 0 Å². The first-order valence-corrected chi connectivity index (χ1v) is 11.5. The third kappa shape index (κ3) is 4.78. The highest BCUT2D eigenvalue weighted by atomic mass is 16.2. The summed E-state index contributed by atoms with van der Waals surface area (Å²) in [6.45, 7) is 6.08. The quantitative estimate of drug-likeness (QED) is 0.741. The first-order chi connectivity index (χ1) is 15.4. The number of likely N-dealkylation sites (tertiary alicyclic amines) is 1. The van der Waals surface area contributed by atoms with Gasteiger partial charge in [0.1, 0.15) is 12.1 Å². The Bertz CT molecular complexity index is 940. The lowest BCUT2D eigenvalue weighted by Crippen LogP contribution is -2.54. The number of nitrogens with zero attached hydrogens (tertiary/aromatic N) is 2. The summed E-state index contributed by atoms with van der Waals surface area (Å²) in [5.74, 6) is 0.0856. The van der Waals surface area contributed by atoms with Gasteiger partial charge < -0.3 is 15.5 Å². The van der Waals surface area contributed by atoms with Crippen LogP contribution in [0.3, 0.4) is 0 Å². The minimum Gasteiger partial charge on any atom is -0.354 e. The summed E-state index contributed by atoms with van der Waals surface area (Å²) < 4.78 is 0. The monoisotopic (exact) mass is 436 g/mol. The molecule has 0 aromatic heterocycles. The van der Waals surface area contributed by atoms with Gasteiger partial charge >= 0.3 is 0 Å². The fourth-order valence-corrected chi connectivity index (χ4v) is 4.77. The van der Waals surface area contributed by atoms with Gasteiger partial charge in [-0.05, 0) is 43.7 Å². The Morgan fingerprint density at radius 1 is 1.16 bits per heavy atom. The summed E-state index contributed by atoms with van der Waals surface area (Å²) in [5, 5.41) is 5.89. The summed E-state index contributed by atoms with van der Waals surface area (Å²) in [7, 11) is 0. The van der Waals surface area contributed by atoms with Crippen molar-refractivity contribution in [2.45, 2.75) is 45.2 Å². The number of allylic oxidation sites excluding steroid dienone is 4. The maximum absolute atomic E-state index is 13.8. The Morgan fingerprint density at radius 3 is 2.66 bits per heavy atom. The molecule has 32 heavy (non-hydrogen) atoms. The predicted molar refractivity (Wildman–Crippen MR) is 122 cm³/mol. The van der Waals surface area contributed by atoms with Crippen LogP contribution in [-0.2, 0) is 14.4 Å². The van der Waals surface area contributed by atoms with E-state index >= 15 is 0 Å². The molecule has 170 valence electrons. The van der Waals surface area contributed by atoms with Crippen LogP contribution < -0.4 is 10.6 Å². The van der Waals surface area contributed by atoms with E-state index in [0.29, 0.717) is 32.0 Å². The summed E-state index contributed by atoms with van der Waals surface area (Å²) in [5.41, 5.74) is 3.05. The number of carbonyl (C=O) groups excluding carboxylic acids is 3. The molecule has 0 spiro atoms. The zero-order chi connectivity index (χ0) is 22.7. The van der Waals surface area contributed by atoms with Gasteiger partial charge in [0.2, 0.25) is 17.7 Å². The van der Waals surface area contributed by atoms with Crippen LogP contribution in [0, 0.1) is 5.92 Å². The number of rotatable bonds is 5. The number of piperazine rings is 1. The van der Waals surface area contributed by atoms with Crippen molar-refractivity contribution < 1.29 is 14.4 Å². The fraction of sp³-hybridized carbons (Fsp3) is 0.480. The van der Waals surface area contributed by atoms with Crippen molar-refractivity contribution >= 4 is 17.7 Å². The van der Waals surface area contributed by atoms with E-state index in [-0.39, 0.29) is 24.3 Å². The van der Waals surface area contributed by atoms with E-state index in [2.05, 4.69) is 24.5 Å². The highest BCUT2D eigenvalue weighted by molar-refractivity contribution is 5.92. The Morgan fingerprint density at radius 2 is 1.94 bits per heavy atom. The summed E-state index contributed by atoms with van der Waals surface area (Å²) in [6.07, 6.45) is 6.25. The standard InChI is InChI=1S/C25H32N4O3/c1-17-10-11-20(15-18(17)2)27-24(31)21-9-6-13-29(21)25(32)23(19-7-4-3-5-8-19)28-14-12-26-22(30)16-28/h3-5,7-8,10-11,18,21,23H,6,9,12-16H2,1-2H3,(H,26,30)(H,27,31)/t18?,21-,23?/m0/s1. The van der Waals surface area contributed by atoms with Crippen molar-refractivity contribution in [2.75, 3.05) is 26.2 Å². The van der Waals surface area contributed by atoms with Gasteiger partial charge in [0.15, 0.2) is 0 Å². The van der Waals surface area contributed by atoms with Crippen LogP contribution in [0.15, 0.2) is 53.8 Å². The molecule has 0 bridgehead atoms. The lowest BCUT2D eigenvalue weighted by Gasteiger charge is -2.37. The first-order valence-electron chi connectivity index (χ1n) is 11.5. The van der Waals surface area contributed by atoms with Crippen LogP contribution >= 0.6 is 0 Å². The average Bonchev–Trinajstić information content (AvgIpc) is 3.27. The SMILES string of the molecule is CC1=CC=C(NC(=O)[C@@H]2CCCN2C(=O)C(c2ccccc2)N2CCNC(=O)C2)CC1C. The Balaban J connectivity index is 1.53. The van der Waals surface area contributed by atoms with E-state index in [1.54, 1.807) is 4.90 Å². The lowest BCUT2D eigenvalue weighted by molar-refractivity contribution is -0.144. The van der Waals surface area contributed by atoms with Crippen LogP contribution in [0.4, 0.5) is 0 Å². The topological polar surface area (TPSA) is 81.8 Å². The molecular weight excluding hydrogens is 404 g/mol. The van der Waals surface area contributed by atoms with Gasteiger partial charge in [-0.25, -0.2) is 0 Å². The molecule has 3 amide bonds. The van der Waals surface area contributed by atoms with Crippen LogP contribution in [0.1, 0.15) is 44.7 Å². The number of hydrogen-bond acceptors (Lipinski definition) is 4. The molecule has 1 aromatic rings. The zero-order valence-corrected chi connectivity index (χ0v) is 18.8. The van der Waals surface area contributed by atoms with Gasteiger partial charge in [0.25, 0.3) is 0 Å². The summed E-state index contributed by atoms with van der Waals surface area (Å²) >= 11 is 0. The number of hydrogen-bond donors (Lipinski definition) is 2. The molecule has 3 atom stereocenters. The molecule has 2 unspecified atom stereocenters. The first kappa shape index (κ1) is 22.3. The van der Waals surface area contributed by atoms with Crippen molar-refractivity contribution in [3.05, 3.63) is 59.3 Å². The van der Waals surface area contributed by atoms with E-state index < -0.39 is 12.1 Å². The molecule has 2 saturated heterocycles. The molecule has 7 nitrogen and oxygen atoms in total. The minimum absolute atomic E-state index is 0.0811. The summed E-state index contributed by atoms with van der Waals surface area (Å²) in [6, 6.07) is 8.49. The highest BCUT2D eigenvalue weighted by Gasteiger charge is 2.40. The van der Waals surface area contributed by atoms with Gasteiger partial charge in [-0.3, -0.25) is 19.3 Å².